The van der Waals surface area contributed by atoms with Gasteiger partial charge >= 0.3 is 0 Å². The van der Waals surface area contributed by atoms with Crippen molar-refractivity contribution in [2.75, 3.05) is 0 Å². The number of nitrogens with zero attached hydrogens (tertiary/aromatic N) is 2. The van der Waals surface area contributed by atoms with Crippen molar-refractivity contribution in [3.63, 3.8) is 0 Å². The Bertz CT molecular complexity index is 535. The first-order valence-corrected chi connectivity index (χ1v) is 5.38. The summed E-state index contributed by atoms with van der Waals surface area (Å²) < 4.78 is 0. The van der Waals surface area contributed by atoms with Crippen molar-refractivity contribution >= 4 is 23.5 Å². The van der Waals surface area contributed by atoms with Crippen LogP contribution in [-0.4, -0.2) is 15.8 Å². The Labute approximate surface area is 104 Å². The first-order chi connectivity index (χ1) is 8.25. The Morgan fingerprint density at radius 1 is 1.12 bits per heavy atom. The fourth-order valence-corrected chi connectivity index (χ4v) is 1.38. The van der Waals surface area contributed by atoms with E-state index >= 15 is 0 Å². The summed E-state index contributed by atoms with van der Waals surface area (Å²) in [6.45, 7) is 0. The lowest BCUT2D eigenvalue weighted by atomic mass is 10.1. The van der Waals surface area contributed by atoms with E-state index in [1.54, 1.807) is 48.8 Å². The molecule has 0 spiro atoms. The Kier molecular flexibility index (Phi) is 3.62. The predicted molar refractivity (Wildman–Crippen MR) is 66.8 cm³/mol. The van der Waals surface area contributed by atoms with Gasteiger partial charge in [0.2, 0.25) is 0 Å². The van der Waals surface area contributed by atoms with Gasteiger partial charge in [-0.15, -0.1) is 0 Å². The van der Waals surface area contributed by atoms with Crippen molar-refractivity contribution in [1.82, 2.24) is 9.97 Å². The molecule has 0 aliphatic heterocycles. The van der Waals surface area contributed by atoms with Crippen LogP contribution in [0.15, 0.2) is 48.8 Å². The van der Waals surface area contributed by atoms with Crippen molar-refractivity contribution in [3.8, 4) is 0 Å². The van der Waals surface area contributed by atoms with E-state index in [0.717, 1.165) is 0 Å². The van der Waals surface area contributed by atoms with Gasteiger partial charge in [-0.1, -0.05) is 11.6 Å². The normalized spacial score (nSPS) is 10.6. The van der Waals surface area contributed by atoms with Crippen molar-refractivity contribution in [2.45, 2.75) is 0 Å². The smallest absolute Gasteiger partial charge is 0.185 e. The van der Waals surface area contributed by atoms with Crippen LogP contribution in [0.3, 0.4) is 0 Å². The molecule has 0 unspecified atom stereocenters. The van der Waals surface area contributed by atoms with Gasteiger partial charge in [0.15, 0.2) is 11.6 Å². The minimum atomic E-state index is -0.103. The molecule has 3 nitrogen and oxygen atoms in total. The summed E-state index contributed by atoms with van der Waals surface area (Å²) in [5.74, 6) is 0.406. The third kappa shape index (κ3) is 3.23. The SMILES string of the molecule is O=C(C=Cc1ncccn1)c1ccc(Cl)cc1. The van der Waals surface area contributed by atoms with E-state index in [4.69, 9.17) is 11.6 Å². The summed E-state index contributed by atoms with van der Waals surface area (Å²) in [7, 11) is 0. The number of allylic oxidation sites excluding steroid dienone is 1. The van der Waals surface area contributed by atoms with Gasteiger partial charge in [0.25, 0.3) is 0 Å². The molecule has 0 N–H and O–H groups in total. The number of halogens is 1. The van der Waals surface area contributed by atoms with Gasteiger partial charge in [-0.2, -0.15) is 0 Å². The Morgan fingerprint density at radius 3 is 2.41 bits per heavy atom. The van der Waals surface area contributed by atoms with Crippen molar-refractivity contribution < 1.29 is 4.79 Å². The molecule has 0 radical (unpaired) electrons. The van der Waals surface area contributed by atoms with Crippen LogP contribution in [0.5, 0.6) is 0 Å². The highest BCUT2D eigenvalue weighted by molar-refractivity contribution is 6.30. The van der Waals surface area contributed by atoms with E-state index in [2.05, 4.69) is 9.97 Å². The van der Waals surface area contributed by atoms with Crippen LogP contribution in [0.25, 0.3) is 6.08 Å². The largest absolute Gasteiger partial charge is 0.289 e. The summed E-state index contributed by atoms with van der Waals surface area (Å²) in [4.78, 5) is 19.7. The number of rotatable bonds is 3. The first-order valence-electron chi connectivity index (χ1n) is 5.01. The molecule has 84 valence electrons. The van der Waals surface area contributed by atoms with Gasteiger partial charge in [0.1, 0.15) is 0 Å². The Balaban J connectivity index is 2.12. The molecule has 0 amide bonds. The van der Waals surface area contributed by atoms with Crippen molar-refractivity contribution in [1.29, 1.82) is 0 Å². The molecule has 0 aliphatic carbocycles. The van der Waals surface area contributed by atoms with Gasteiger partial charge in [-0.05, 0) is 42.5 Å². The zero-order valence-electron chi connectivity index (χ0n) is 8.88. The summed E-state index contributed by atoms with van der Waals surface area (Å²) in [6, 6.07) is 8.45. The third-order valence-corrected chi connectivity index (χ3v) is 2.35. The van der Waals surface area contributed by atoms with E-state index in [9.17, 15) is 4.79 Å². The lowest BCUT2D eigenvalue weighted by Crippen LogP contribution is -1.94. The van der Waals surface area contributed by atoms with Crippen LogP contribution in [0, 0.1) is 0 Å². The average Bonchev–Trinajstić information content (AvgIpc) is 2.38. The van der Waals surface area contributed by atoms with Crippen LogP contribution >= 0.6 is 11.6 Å². The first kappa shape index (κ1) is 11.5. The van der Waals surface area contributed by atoms with Crippen LogP contribution in [-0.2, 0) is 0 Å². The number of hydrogen-bond acceptors (Lipinski definition) is 3. The lowest BCUT2D eigenvalue weighted by Gasteiger charge is -1.95. The zero-order chi connectivity index (χ0) is 12.1. The second-order valence-corrected chi connectivity index (χ2v) is 3.75. The number of hydrogen-bond donors (Lipinski definition) is 0. The molecule has 17 heavy (non-hydrogen) atoms. The van der Waals surface area contributed by atoms with E-state index in [0.29, 0.717) is 16.4 Å². The molecule has 0 saturated carbocycles. The minimum absolute atomic E-state index is 0.103. The monoisotopic (exact) mass is 244 g/mol. The Morgan fingerprint density at radius 2 is 1.76 bits per heavy atom. The molecule has 1 aromatic carbocycles. The average molecular weight is 245 g/mol. The van der Waals surface area contributed by atoms with E-state index in [1.807, 2.05) is 0 Å². The number of carbonyl (C=O) groups excluding carboxylic acids is 1. The van der Waals surface area contributed by atoms with E-state index in [1.165, 1.54) is 6.08 Å². The topological polar surface area (TPSA) is 42.9 Å². The highest BCUT2D eigenvalue weighted by Gasteiger charge is 2.01. The summed E-state index contributed by atoms with van der Waals surface area (Å²) in [5.41, 5.74) is 0.585. The molecular weight excluding hydrogens is 236 g/mol. The van der Waals surface area contributed by atoms with Gasteiger partial charge in [0, 0.05) is 23.0 Å². The number of carbonyl (C=O) groups is 1. The lowest BCUT2D eigenvalue weighted by molar-refractivity contribution is 0.104. The molecule has 0 atom stereocenters. The molecule has 2 aromatic rings. The van der Waals surface area contributed by atoms with Crippen LogP contribution < -0.4 is 0 Å². The second-order valence-electron chi connectivity index (χ2n) is 3.31. The van der Waals surface area contributed by atoms with Crippen molar-refractivity contribution in [2.24, 2.45) is 0 Å². The number of benzene rings is 1. The molecule has 1 aromatic heterocycles. The highest BCUT2D eigenvalue weighted by atomic mass is 35.5. The van der Waals surface area contributed by atoms with Gasteiger partial charge in [0.05, 0.1) is 0 Å². The molecule has 0 saturated heterocycles. The highest BCUT2D eigenvalue weighted by Crippen LogP contribution is 2.10. The zero-order valence-corrected chi connectivity index (χ0v) is 9.63. The molecule has 2 rings (SSSR count). The maximum absolute atomic E-state index is 11.7. The molecule has 0 bridgehead atoms. The molecule has 1 heterocycles. The summed E-state index contributed by atoms with van der Waals surface area (Å²) in [6.07, 6.45) is 6.27. The number of ketones is 1. The fourth-order valence-electron chi connectivity index (χ4n) is 1.26. The van der Waals surface area contributed by atoms with Crippen LogP contribution in [0.1, 0.15) is 16.2 Å². The van der Waals surface area contributed by atoms with Gasteiger partial charge in [-0.3, -0.25) is 4.79 Å². The minimum Gasteiger partial charge on any atom is -0.289 e. The number of aromatic nitrogens is 2. The van der Waals surface area contributed by atoms with Gasteiger partial charge in [-0.25, -0.2) is 9.97 Å². The maximum Gasteiger partial charge on any atom is 0.185 e. The van der Waals surface area contributed by atoms with Crippen LogP contribution in [0.2, 0.25) is 5.02 Å². The maximum atomic E-state index is 11.7. The molecule has 0 fully saturated rings. The van der Waals surface area contributed by atoms with E-state index in [-0.39, 0.29) is 5.78 Å². The van der Waals surface area contributed by atoms with Gasteiger partial charge < -0.3 is 0 Å². The molecular formula is C13H9ClN2O. The quantitative estimate of drug-likeness (QED) is 0.616. The summed E-state index contributed by atoms with van der Waals surface area (Å²) >= 11 is 5.74. The predicted octanol–water partition coefficient (Wildman–Crippen LogP) is 3.03. The fraction of sp³-hybridized carbons (Fsp3) is 0. The molecule has 0 aliphatic rings. The van der Waals surface area contributed by atoms with E-state index < -0.39 is 0 Å². The second kappa shape index (κ2) is 5.37. The molecule has 4 heteroatoms. The third-order valence-electron chi connectivity index (χ3n) is 2.10. The standard InChI is InChI=1S/C13H9ClN2O/c14-11-4-2-10(3-5-11)12(17)6-7-13-15-8-1-9-16-13/h1-9H. The Hall–Kier alpha value is -2.00. The van der Waals surface area contributed by atoms with Crippen molar-refractivity contribution in [3.05, 3.63) is 65.2 Å². The van der Waals surface area contributed by atoms with Crippen LogP contribution in [0.4, 0.5) is 0 Å². The summed E-state index contributed by atoms with van der Waals surface area (Å²) in [5, 5.41) is 0.608.